The van der Waals surface area contributed by atoms with Crippen molar-refractivity contribution in [3.05, 3.63) is 23.2 Å². The zero-order chi connectivity index (χ0) is 16.5. The van der Waals surface area contributed by atoms with Crippen molar-refractivity contribution in [2.75, 3.05) is 24.5 Å². The summed E-state index contributed by atoms with van der Waals surface area (Å²) in [6, 6.07) is 6.02. The Labute approximate surface area is 146 Å². The molecule has 128 valence electrons. The number of piperidine rings is 1. The Hall–Kier alpha value is -1.75. The van der Waals surface area contributed by atoms with Crippen LogP contribution in [-0.2, 0) is 4.79 Å². The van der Waals surface area contributed by atoms with Gasteiger partial charge in [0.25, 0.3) is 6.01 Å². The van der Waals surface area contributed by atoms with Crippen LogP contribution in [0.5, 0.6) is 0 Å². The average Bonchev–Trinajstić information content (AvgIpc) is 2.96. The van der Waals surface area contributed by atoms with E-state index < -0.39 is 0 Å². The third kappa shape index (κ3) is 3.22. The Kier molecular flexibility index (Phi) is 4.35. The molecule has 1 saturated carbocycles. The SMILES string of the molecule is O=C(NCC1CCC1)C1CCCN(c2nc3cc(Cl)ccc3o2)C1. The van der Waals surface area contributed by atoms with Crippen molar-refractivity contribution < 1.29 is 9.21 Å². The molecule has 1 N–H and O–H groups in total. The number of carbonyl (C=O) groups is 1. The molecule has 2 fully saturated rings. The second-order valence-electron chi connectivity index (χ2n) is 6.94. The van der Waals surface area contributed by atoms with Crippen molar-refractivity contribution in [3.8, 4) is 0 Å². The van der Waals surface area contributed by atoms with Gasteiger partial charge in [0, 0.05) is 24.7 Å². The number of oxazole rings is 1. The van der Waals surface area contributed by atoms with Crippen LogP contribution in [-0.4, -0.2) is 30.5 Å². The van der Waals surface area contributed by atoms with E-state index in [4.69, 9.17) is 16.0 Å². The van der Waals surface area contributed by atoms with Crippen LogP contribution in [0.1, 0.15) is 32.1 Å². The smallest absolute Gasteiger partial charge is 0.298 e. The number of hydrogen-bond acceptors (Lipinski definition) is 4. The summed E-state index contributed by atoms with van der Waals surface area (Å²) in [5.74, 6) is 0.874. The number of benzene rings is 1. The number of halogens is 1. The summed E-state index contributed by atoms with van der Waals surface area (Å²) >= 11 is 6.01. The maximum Gasteiger partial charge on any atom is 0.298 e. The van der Waals surface area contributed by atoms with E-state index in [1.807, 2.05) is 6.07 Å². The molecule has 1 saturated heterocycles. The first-order valence-corrected chi connectivity index (χ1v) is 9.15. The molecule has 0 spiro atoms. The number of rotatable bonds is 4. The van der Waals surface area contributed by atoms with Crippen LogP contribution in [0.3, 0.4) is 0 Å². The van der Waals surface area contributed by atoms with Crippen molar-refractivity contribution in [3.63, 3.8) is 0 Å². The summed E-state index contributed by atoms with van der Waals surface area (Å²) in [7, 11) is 0. The molecule has 2 heterocycles. The van der Waals surface area contributed by atoms with Gasteiger partial charge >= 0.3 is 0 Å². The van der Waals surface area contributed by atoms with E-state index in [2.05, 4.69) is 15.2 Å². The lowest BCUT2D eigenvalue weighted by Gasteiger charge is -2.32. The lowest BCUT2D eigenvalue weighted by molar-refractivity contribution is -0.125. The average molecular weight is 348 g/mol. The third-order valence-electron chi connectivity index (χ3n) is 5.19. The van der Waals surface area contributed by atoms with E-state index in [1.54, 1.807) is 12.1 Å². The Bertz CT molecular complexity index is 741. The van der Waals surface area contributed by atoms with E-state index >= 15 is 0 Å². The standard InChI is InChI=1S/C18H22ClN3O2/c19-14-6-7-16-15(9-14)21-18(24-16)22-8-2-5-13(11-22)17(23)20-10-12-3-1-4-12/h6-7,9,12-13H,1-5,8,10-11H2,(H,20,23). The highest BCUT2D eigenvalue weighted by Crippen LogP contribution is 2.28. The molecule has 6 heteroatoms. The van der Waals surface area contributed by atoms with Gasteiger partial charge in [-0.1, -0.05) is 18.0 Å². The molecule has 2 aromatic rings. The van der Waals surface area contributed by atoms with Gasteiger partial charge in [0.05, 0.1) is 5.92 Å². The fourth-order valence-corrected chi connectivity index (χ4v) is 3.64. The maximum absolute atomic E-state index is 12.4. The lowest BCUT2D eigenvalue weighted by Crippen LogP contribution is -2.44. The van der Waals surface area contributed by atoms with Gasteiger partial charge < -0.3 is 14.6 Å². The van der Waals surface area contributed by atoms with E-state index in [0.29, 0.717) is 23.5 Å². The highest BCUT2D eigenvalue weighted by atomic mass is 35.5. The number of nitrogens with one attached hydrogen (secondary N) is 1. The number of anilines is 1. The van der Waals surface area contributed by atoms with E-state index in [0.717, 1.165) is 37.0 Å². The van der Waals surface area contributed by atoms with Gasteiger partial charge in [0.2, 0.25) is 5.91 Å². The zero-order valence-corrected chi connectivity index (χ0v) is 14.4. The molecular formula is C18H22ClN3O2. The van der Waals surface area contributed by atoms with Gasteiger partial charge in [-0.2, -0.15) is 4.98 Å². The quantitative estimate of drug-likeness (QED) is 0.917. The second-order valence-corrected chi connectivity index (χ2v) is 7.37. The Morgan fingerprint density at radius 3 is 3.00 bits per heavy atom. The molecule has 2 aliphatic rings. The molecule has 24 heavy (non-hydrogen) atoms. The van der Waals surface area contributed by atoms with Crippen molar-refractivity contribution in [1.82, 2.24) is 10.3 Å². The van der Waals surface area contributed by atoms with Gasteiger partial charge in [-0.05, 0) is 49.8 Å². The minimum atomic E-state index is 0.0115. The molecule has 0 radical (unpaired) electrons. The Morgan fingerprint density at radius 2 is 2.21 bits per heavy atom. The first-order valence-electron chi connectivity index (χ1n) is 8.78. The van der Waals surface area contributed by atoms with Crippen molar-refractivity contribution in [1.29, 1.82) is 0 Å². The summed E-state index contributed by atoms with van der Waals surface area (Å²) in [4.78, 5) is 19.0. The first kappa shape index (κ1) is 15.8. The molecule has 1 amide bonds. The summed E-state index contributed by atoms with van der Waals surface area (Å²) in [6.07, 6.45) is 5.71. The topological polar surface area (TPSA) is 58.4 Å². The molecule has 1 aromatic carbocycles. The second kappa shape index (κ2) is 6.63. The number of amides is 1. The largest absolute Gasteiger partial charge is 0.423 e. The fraction of sp³-hybridized carbons (Fsp3) is 0.556. The molecule has 0 bridgehead atoms. The Balaban J connectivity index is 1.42. The van der Waals surface area contributed by atoms with Gasteiger partial charge in [-0.15, -0.1) is 0 Å². The van der Waals surface area contributed by atoms with Crippen LogP contribution >= 0.6 is 11.6 Å². The zero-order valence-electron chi connectivity index (χ0n) is 13.6. The highest BCUT2D eigenvalue weighted by Gasteiger charge is 2.29. The predicted molar refractivity (Wildman–Crippen MR) is 94.3 cm³/mol. The van der Waals surface area contributed by atoms with Crippen LogP contribution < -0.4 is 10.2 Å². The van der Waals surface area contributed by atoms with Crippen molar-refractivity contribution in [2.24, 2.45) is 11.8 Å². The normalized spacial score (nSPS) is 21.7. The highest BCUT2D eigenvalue weighted by molar-refractivity contribution is 6.31. The molecule has 1 aliphatic heterocycles. The molecule has 1 aromatic heterocycles. The molecule has 5 nitrogen and oxygen atoms in total. The Morgan fingerprint density at radius 1 is 1.33 bits per heavy atom. The van der Waals surface area contributed by atoms with E-state index in [1.165, 1.54) is 19.3 Å². The summed E-state index contributed by atoms with van der Waals surface area (Å²) in [6.45, 7) is 2.36. The van der Waals surface area contributed by atoms with Crippen LogP contribution in [0.25, 0.3) is 11.1 Å². The number of hydrogen-bond donors (Lipinski definition) is 1. The van der Waals surface area contributed by atoms with Gasteiger partial charge in [-0.3, -0.25) is 4.79 Å². The molecule has 4 rings (SSSR count). The molecule has 1 unspecified atom stereocenters. The molecule has 1 atom stereocenters. The van der Waals surface area contributed by atoms with E-state index in [9.17, 15) is 4.79 Å². The van der Waals surface area contributed by atoms with Crippen molar-refractivity contribution in [2.45, 2.75) is 32.1 Å². The summed E-state index contributed by atoms with van der Waals surface area (Å²) in [5.41, 5.74) is 1.49. The van der Waals surface area contributed by atoms with E-state index in [-0.39, 0.29) is 11.8 Å². The minimum Gasteiger partial charge on any atom is -0.423 e. The van der Waals surface area contributed by atoms with Crippen LogP contribution in [0.2, 0.25) is 5.02 Å². The van der Waals surface area contributed by atoms with Crippen molar-refractivity contribution >= 4 is 34.6 Å². The van der Waals surface area contributed by atoms with Crippen LogP contribution in [0, 0.1) is 11.8 Å². The summed E-state index contributed by atoms with van der Waals surface area (Å²) in [5, 5.41) is 3.77. The predicted octanol–water partition coefficient (Wildman–Crippen LogP) is 3.61. The van der Waals surface area contributed by atoms with Gasteiger partial charge in [0.1, 0.15) is 5.52 Å². The number of carbonyl (C=O) groups excluding carboxylic acids is 1. The van der Waals surface area contributed by atoms with Gasteiger partial charge in [0.15, 0.2) is 5.58 Å². The number of aromatic nitrogens is 1. The lowest BCUT2D eigenvalue weighted by atomic mass is 9.85. The third-order valence-corrected chi connectivity index (χ3v) is 5.43. The number of fused-ring (bicyclic) bond motifs is 1. The molecule has 1 aliphatic carbocycles. The fourth-order valence-electron chi connectivity index (χ4n) is 3.47. The van der Waals surface area contributed by atoms with Gasteiger partial charge in [-0.25, -0.2) is 0 Å². The number of nitrogens with zero attached hydrogens (tertiary/aromatic N) is 2. The molecular weight excluding hydrogens is 326 g/mol. The van der Waals surface area contributed by atoms with Crippen LogP contribution in [0.4, 0.5) is 6.01 Å². The minimum absolute atomic E-state index is 0.0115. The summed E-state index contributed by atoms with van der Waals surface area (Å²) < 4.78 is 5.84. The van der Waals surface area contributed by atoms with Crippen LogP contribution in [0.15, 0.2) is 22.6 Å². The maximum atomic E-state index is 12.4. The monoisotopic (exact) mass is 347 g/mol. The first-order chi connectivity index (χ1) is 11.7.